The molecule has 0 aromatic heterocycles. The van der Waals surface area contributed by atoms with Gasteiger partial charge in [-0.1, -0.05) is 48.0 Å². The highest BCUT2D eigenvalue weighted by Gasteiger charge is 2.33. The molecule has 0 saturated heterocycles. The highest BCUT2D eigenvalue weighted by Crippen LogP contribution is 2.28. The lowest BCUT2D eigenvalue weighted by Crippen LogP contribution is -2.41. The minimum Gasteiger partial charge on any atom is -0.480 e. The summed E-state index contributed by atoms with van der Waals surface area (Å²) in [5.74, 6) is -1.41. The van der Waals surface area contributed by atoms with Crippen LogP contribution < -0.4 is 5.32 Å². The normalized spacial score (nSPS) is 17.4. The maximum absolute atomic E-state index is 11.8. The molecule has 0 saturated carbocycles. The first kappa shape index (κ1) is 15.2. The molecule has 2 aromatic rings. The first-order valence-electron chi connectivity index (χ1n) is 7.39. The van der Waals surface area contributed by atoms with Gasteiger partial charge in [-0.15, -0.1) is 0 Å². The van der Waals surface area contributed by atoms with Gasteiger partial charge >= 0.3 is 11.9 Å². The number of esters is 1. The van der Waals surface area contributed by atoms with E-state index in [1.807, 2.05) is 31.2 Å². The van der Waals surface area contributed by atoms with Crippen molar-refractivity contribution in [1.29, 1.82) is 0 Å². The van der Waals surface area contributed by atoms with Gasteiger partial charge in [-0.05, 0) is 25.0 Å². The maximum atomic E-state index is 11.8. The van der Waals surface area contributed by atoms with E-state index in [0.717, 1.165) is 11.1 Å². The number of aliphatic carboxylic acids is 1. The van der Waals surface area contributed by atoms with Gasteiger partial charge in [-0.25, -0.2) is 4.79 Å². The predicted octanol–water partition coefficient (Wildman–Crippen LogP) is 2.45. The van der Waals surface area contributed by atoms with Crippen LogP contribution in [0, 0.1) is 6.92 Å². The molecule has 0 amide bonds. The number of hydrogen-bond donors (Lipinski definition) is 2. The zero-order chi connectivity index (χ0) is 16.4. The van der Waals surface area contributed by atoms with Gasteiger partial charge in [0, 0.05) is 5.56 Å². The number of carboxylic acid groups (broad SMARTS) is 1. The van der Waals surface area contributed by atoms with E-state index in [4.69, 9.17) is 4.74 Å². The summed E-state index contributed by atoms with van der Waals surface area (Å²) < 4.78 is 5.26. The number of hydrogen-bond acceptors (Lipinski definition) is 4. The molecule has 5 heteroatoms. The van der Waals surface area contributed by atoms with Gasteiger partial charge < -0.3 is 9.84 Å². The molecule has 0 fully saturated rings. The Morgan fingerprint density at radius 2 is 2.04 bits per heavy atom. The summed E-state index contributed by atoms with van der Waals surface area (Å²) in [7, 11) is 0. The molecule has 2 aromatic carbocycles. The molecule has 5 nitrogen and oxygen atoms in total. The number of rotatable bonds is 5. The summed E-state index contributed by atoms with van der Waals surface area (Å²) in [4.78, 5) is 23.4. The van der Waals surface area contributed by atoms with Crippen LogP contribution in [0.3, 0.4) is 0 Å². The first-order valence-corrected chi connectivity index (χ1v) is 7.39. The van der Waals surface area contributed by atoms with Crippen molar-refractivity contribution in [3.63, 3.8) is 0 Å². The Kier molecular flexibility index (Phi) is 4.12. The molecule has 0 radical (unpaired) electrons. The van der Waals surface area contributed by atoms with Crippen LogP contribution >= 0.6 is 0 Å². The molecule has 2 atom stereocenters. The fraction of sp³-hybridized carbons (Fsp3) is 0.222. The van der Waals surface area contributed by atoms with Crippen molar-refractivity contribution < 1.29 is 19.4 Å². The van der Waals surface area contributed by atoms with Crippen molar-refractivity contribution in [3.8, 4) is 0 Å². The van der Waals surface area contributed by atoms with E-state index in [0.29, 0.717) is 17.5 Å². The maximum Gasteiger partial charge on any atom is 0.340 e. The van der Waals surface area contributed by atoms with Crippen LogP contribution in [-0.4, -0.2) is 23.1 Å². The van der Waals surface area contributed by atoms with Gasteiger partial charge in [0.1, 0.15) is 6.04 Å². The minimum atomic E-state index is -0.980. The largest absolute Gasteiger partial charge is 0.480 e. The summed E-state index contributed by atoms with van der Waals surface area (Å²) in [5.41, 5.74) is 3.14. The number of ether oxygens (including phenoxy) is 1. The Hall–Kier alpha value is -2.66. The third-order valence-corrected chi connectivity index (χ3v) is 3.86. The summed E-state index contributed by atoms with van der Waals surface area (Å²) in [6.45, 7) is 1.96. The number of aryl methyl sites for hydroxylation is 1. The lowest BCUT2D eigenvalue weighted by atomic mass is 10.0. The average molecular weight is 311 g/mol. The molecule has 1 aliphatic heterocycles. The smallest absolute Gasteiger partial charge is 0.340 e. The van der Waals surface area contributed by atoms with Crippen molar-refractivity contribution in [1.82, 2.24) is 5.32 Å². The number of carboxylic acids is 1. The zero-order valence-electron chi connectivity index (χ0n) is 12.7. The van der Waals surface area contributed by atoms with Crippen molar-refractivity contribution in [2.75, 3.05) is 0 Å². The average Bonchev–Trinajstić information content (AvgIpc) is 2.83. The van der Waals surface area contributed by atoms with Crippen molar-refractivity contribution >= 4 is 11.9 Å². The second kappa shape index (κ2) is 6.22. The van der Waals surface area contributed by atoms with Crippen LogP contribution in [0.1, 0.15) is 33.3 Å². The molecular weight excluding hydrogens is 294 g/mol. The molecule has 1 heterocycles. The first-order chi connectivity index (χ1) is 11.0. The Bertz CT molecular complexity index is 756. The van der Waals surface area contributed by atoms with Gasteiger partial charge in [0.2, 0.25) is 0 Å². The quantitative estimate of drug-likeness (QED) is 0.830. The van der Waals surface area contributed by atoms with Crippen LogP contribution in [0.25, 0.3) is 0 Å². The molecule has 0 bridgehead atoms. The lowest BCUT2D eigenvalue weighted by Gasteiger charge is -2.19. The standard InChI is InChI=1S/C18H17NO4/c1-11-5-4-6-12(9-11)10-15(17(20)21)19-16-13-7-2-3-8-14(13)18(22)23-16/h2-9,15-16,19H,10H2,1H3,(H,20,21). The minimum absolute atomic E-state index is 0.313. The monoisotopic (exact) mass is 311 g/mol. The van der Waals surface area contributed by atoms with Crippen molar-refractivity contribution in [2.24, 2.45) is 0 Å². The number of carbonyl (C=O) groups is 2. The van der Waals surface area contributed by atoms with E-state index in [1.165, 1.54) is 0 Å². The molecule has 118 valence electrons. The predicted molar refractivity (Wildman–Crippen MR) is 84.0 cm³/mol. The number of fused-ring (bicyclic) bond motifs is 1. The highest BCUT2D eigenvalue weighted by molar-refractivity contribution is 5.94. The Labute approximate surface area is 133 Å². The van der Waals surface area contributed by atoms with Gasteiger partial charge in [-0.2, -0.15) is 0 Å². The van der Waals surface area contributed by atoms with E-state index in [9.17, 15) is 14.7 Å². The van der Waals surface area contributed by atoms with Gasteiger partial charge in [0.25, 0.3) is 0 Å². The molecule has 0 spiro atoms. The molecule has 1 aliphatic rings. The van der Waals surface area contributed by atoms with E-state index >= 15 is 0 Å². The van der Waals surface area contributed by atoms with Gasteiger partial charge in [-0.3, -0.25) is 10.1 Å². The third-order valence-electron chi connectivity index (χ3n) is 3.86. The number of nitrogens with one attached hydrogen (secondary N) is 1. The topological polar surface area (TPSA) is 75.6 Å². The fourth-order valence-corrected chi connectivity index (χ4v) is 2.74. The molecule has 2 unspecified atom stereocenters. The molecule has 0 aliphatic carbocycles. The number of benzene rings is 2. The van der Waals surface area contributed by atoms with Crippen LogP contribution in [-0.2, 0) is 16.0 Å². The molecule has 2 N–H and O–H groups in total. The van der Waals surface area contributed by atoms with E-state index in [-0.39, 0.29) is 0 Å². The second-order valence-electron chi connectivity index (χ2n) is 5.62. The zero-order valence-corrected chi connectivity index (χ0v) is 12.7. The van der Waals surface area contributed by atoms with E-state index < -0.39 is 24.2 Å². The van der Waals surface area contributed by atoms with Crippen LogP contribution in [0.4, 0.5) is 0 Å². The Morgan fingerprint density at radius 1 is 1.26 bits per heavy atom. The lowest BCUT2D eigenvalue weighted by molar-refractivity contribution is -0.140. The van der Waals surface area contributed by atoms with Crippen LogP contribution in [0.5, 0.6) is 0 Å². The molecule has 3 rings (SSSR count). The van der Waals surface area contributed by atoms with E-state index in [2.05, 4.69) is 5.32 Å². The molecule has 23 heavy (non-hydrogen) atoms. The van der Waals surface area contributed by atoms with Gasteiger partial charge in [0.15, 0.2) is 6.23 Å². The van der Waals surface area contributed by atoms with E-state index in [1.54, 1.807) is 24.3 Å². The number of carbonyl (C=O) groups excluding carboxylic acids is 1. The summed E-state index contributed by atoms with van der Waals surface area (Å²) in [6.07, 6.45) is -0.419. The summed E-state index contributed by atoms with van der Waals surface area (Å²) in [6, 6.07) is 13.8. The molecular formula is C18H17NO4. The highest BCUT2D eigenvalue weighted by atomic mass is 16.6. The van der Waals surface area contributed by atoms with Crippen LogP contribution in [0.15, 0.2) is 48.5 Å². The van der Waals surface area contributed by atoms with Gasteiger partial charge in [0.05, 0.1) is 5.56 Å². The third kappa shape index (κ3) is 3.24. The second-order valence-corrected chi connectivity index (χ2v) is 5.62. The Balaban J connectivity index is 1.79. The van der Waals surface area contributed by atoms with Crippen LogP contribution in [0.2, 0.25) is 0 Å². The number of cyclic esters (lactones) is 1. The van der Waals surface area contributed by atoms with Crippen molar-refractivity contribution in [2.45, 2.75) is 25.6 Å². The summed E-state index contributed by atoms with van der Waals surface area (Å²) in [5, 5.41) is 12.4. The fourth-order valence-electron chi connectivity index (χ4n) is 2.74. The van der Waals surface area contributed by atoms with Crippen molar-refractivity contribution in [3.05, 3.63) is 70.8 Å². The SMILES string of the molecule is Cc1cccc(CC(NC2OC(=O)c3ccccc32)C(=O)O)c1. The summed E-state index contributed by atoms with van der Waals surface area (Å²) >= 11 is 0. The Morgan fingerprint density at radius 3 is 2.78 bits per heavy atom.